The number of unbranched alkanes of at least 4 members (excludes halogenated alkanes) is 2. The van der Waals surface area contributed by atoms with Crippen LogP contribution in [0.15, 0.2) is 18.2 Å². The first-order chi connectivity index (χ1) is 9.52. The highest BCUT2D eigenvalue weighted by atomic mass is 16.6. The summed E-state index contributed by atoms with van der Waals surface area (Å²) in [5, 5.41) is 11.1. The van der Waals surface area contributed by atoms with Crippen molar-refractivity contribution in [3.8, 4) is 0 Å². The standard InChI is InChI=1S/C13H20N4O3/c1-3-4-5-9-16(2)13(18)10-7-6-8-11(15-14)12(10)17(19)20/h6-8,15H,3-5,9,14H2,1-2H3. The van der Waals surface area contributed by atoms with Crippen LogP contribution in [0, 0.1) is 10.1 Å². The van der Waals surface area contributed by atoms with Gasteiger partial charge in [0.05, 0.1) is 4.92 Å². The number of carbonyl (C=O) groups is 1. The number of nitrogens with two attached hydrogens (primary N) is 1. The summed E-state index contributed by atoms with van der Waals surface area (Å²) < 4.78 is 0. The number of anilines is 1. The van der Waals surface area contributed by atoms with Gasteiger partial charge in [-0.3, -0.25) is 20.8 Å². The Kier molecular flexibility index (Phi) is 5.92. The van der Waals surface area contributed by atoms with Crippen molar-refractivity contribution in [3.05, 3.63) is 33.9 Å². The van der Waals surface area contributed by atoms with Gasteiger partial charge < -0.3 is 10.3 Å². The fourth-order valence-electron chi connectivity index (χ4n) is 1.94. The minimum absolute atomic E-state index is 0.0458. The fraction of sp³-hybridized carbons (Fsp3) is 0.462. The number of benzene rings is 1. The Hall–Kier alpha value is -2.15. The van der Waals surface area contributed by atoms with Crippen LogP contribution < -0.4 is 11.3 Å². The third kappa shape index (κ3) is 3.67. The Morgan fingerprint density at radius 3 is 2.70 bits per heavy atom. The van der Waals surface area contributed by atoms with Gasteiger partial charge in [0, 0.05) is 13.6 Å². The number of para-hydroxylation sites is 1. The number of rotatable bonds is 7. The fourth-order valence-corrected chi connectivity index (χ4v) is 1.94. The van der Waals surface area contributed by atoms with Gasteiger partial charge in [-0.05, 0) is 18.6 Å². The summed E-state index contributed by atoms with van der Waals surface area (Å²) in [7, 11) is 1.64. The van der Waals surface area contributed by atoms with E-state index in [1.807, 2.05) is 0 Å². The number of nitro groups is 1. The lowest BCUT2D eigenvalue weighted by molar-refractivity contribution is -0.384. The molecule has 0 heterocycles. The van der Waals surface area contributed by atoms with E-state index in [4.69, 9.17) is 5.84 Å². The Morgan fingerprint density at radius 2 is 2.15 bits per heavy atom. The summed E-state index contributed by atoms with van der Waals surface area (Å²) in [4.78, 5) is 24.3. The van der Waals surface area contributed by atoms with Crippen molar-refractivity contribution in [2.24, 2.45) is 5.84 Å². The molecule has 7 heteroatoms. The van der Waals surface area contributed by atoms with E-state index in [9.17, 15) is 14.9 Å². The molecule has 0 aliphatic rings. The lowest BCUT2D eigenvalue weighted by Gasteiger charge is -2.17. The molecule has 1 aromatic carbocycles. The van der Waals surface area contributed by atoms with Gasteiger partial charge >= 0.3 is 5.69 Å². The molecule has 0 saturated heterocycles. The van der Waals surface area contributed by atoms with Crippen LogP contribution in [0.5, 0.6) is 0 Å². The predicted molar refractivity (Wildman–Crippen MR) is 77.4 cm³/mol. The zero-order chi connectivity index (χ0) is 15.1. The molecule has 1 amide bonds. The van der Waals surface area contributed by atoms with Gasteiger partial charge in [-0.25, -0.2) is 0 Å². The van der Waals surface area contributed by atoms with Crippen molar-refractivity contribution in [3.63, 3.8) is 0 Å². The van der Waals surface area contributed by atoms with Crippen LogP contribution in [0.2, 0.25) is 0 Å². The number of nitrogens with one attached hydrogen (secondary N) is 1. The topological polar surface area (TPSA) is 102 Å². The monoisotopic (exact) mass is 280 g/mol. The third-order valence-corrected chi connectivity index (χ3v) is 3.05. The predicted octanol–water partition coefficient (Wildman–Crippen LogP) is 2.14. The van der Waals surface area contributed by atoms with E-state index in [1.54, 1.807) is 13.1 Å². The quantitative estimate of drug-likeness (QED) is 0.345. The molecule has 0 radical (unpaired) electrons. The highest BCUT2D eigenvalue weighted by molar-refractivity contribution is 6.00. The molecular weight excluding hydrogens is 260 g/mol. The van der Waals surface area contributed by atoms with Crippen LogP contribution in [0.4, 0.5) is 11.4 Å². The second-order valence-corrected chi connectivity index (χ2v) is 4.54. The molecule has 0 aliphatic carbocycles. The Morgan fingerprint density at radius 1 is 1.45 bits per heavy atom. The molecule has 0 saturated carbocycles. The summed E-state index contributed by atoms with van der Waals surface area (Å²) in [6.45, 7) is 2.65. The largest absolute Gasteiger partial charge is 0.341 e. The van der Waals surface area contributed by atoms with Gasteiger partial charge in [-0.15, -0.1) is 0 Å². The lowest BCUT2D eigenvalue weighted by atomic mass is 10.1. The number of hydrazine groups is 1. The molecule has 7 nitrogen and oxygen atoms in total. The maximum atomic E-state index is 12.3. The first-order valence-electron chi connectivity index (χ1n) is 6.52. The average Bonchev–Trinajstić information content (AvgIpc) is 2.45. The van der Waals surface area contributed by atoms with E-state index >= 15 is 0 Å². The highest BCUT2D eigenvalue weighted by Gasteiger charge is 2.25. The Bertz CT molecular complexity index is 491. The van der Waals surface area contributed by atoms with Crippen LogP contribution in [0.3, 0.4) is 0 Å². The highest BCUT2D eigenvalue weighted by Crippen LogP contribution is 2.28. The van der Waals surface area contributed by atoms with E-state index < -0.39 is 4.92 Å². The SMILES string of the molecule is CCCCCN(C)C(=O)c1cccc(NN)c1[N+](=O)[O-]. The van der Waals surface area contributed by atoms with Crippen LogP contribution in [0.1, 0.15) is 36.5 Å². The van der Waals surface area contributed by atoms with Gasteiger partial charge in [0.1, 0.15) is 11.3 Å². The maximum absolute atomic E-state index is 12.3. The molecule has 0 aliphatic heterocycles. The number of amides is 1. The summed E-state index contributed by atoms with van der Waals surface area (Å²) in [5.41, 5.74) is 2.13. The number of hydrogen-bond donors (Lipinski definition) is 2. The van der Waals surface area contributed by atoms with Crippen molar-refractivity contribution in [1.82, 2.24) is 4.90 Å². The summed E-state index contributed by atoms with van der Waals surface area (Å²) >= 11 is 0. The lowest BCUT2D eigenvalue weighted by Crippen LogP contribution is -2.28. The molecule has 3 N–H and O–H groups in total. The van der Waals surface area contributed by atoms with Crippen LogP contribution in [-0.2, 0) is 0 Å². The first-order valence-corrected chi connectivity index (χ1v) is 6.52. The molecule has 1 aromatic rings. The van der Waals surface area contributed by atoms with Crippen LogP contribution in [-0.4, -0.2) is 29.3 Å². The smallest absolute Gasteiger partial charge is 0.306 e. The number of nitro benzene ring substituents is 1. The van der Waals surface area contributed by atoms with Crippen molar-refractivity contribution in [2.45, 2.75) is 26.2 Å². The number of nitrogen functional groups attached to an aromatic ring is 1. The average molecular weight is 280 g/mol. The second-order valence-electron chi connectivity index (χ2n) is 4.54. The van der Waals surface area contributed by atoms with Gasteiger partial charge in [0.25, 0.3) is 5.91 Å². The van der Waals surface area contributed by atoms with Crippen LogP contribution in [0.25, 0.3) is 0 Å². The first kappa shape index (κ1) is 15.9. The molecular formula is C13H20N4O3. The van der Waals surface area contributed by atoms with E-state index in [0.29, 0.717) is 6.54 Å². The van der Waals surface area contributed by atoms with E-state index in [2.05, 4.69) is 12.3 Å². The third-order valence-electron chi connectivity index (χ3n) is 3.05. The summed E-state index contributed by atoms with van der Waals surface area (Å²) in [6, 6.07) is 4.47. The minimum Gasteiger partial charge on any atom is -0.341 e. The van der Waals surface area contributed by atoms with Crippen molar-refractivity contribution in [1.29, 1.82) is 0 Å². The Labute approximate surface area is 117 Å². The van der Waals surface area contributed by atoms with Gasteiger partial charge in [-0.1, -0.05) is 25.8 Å². The van der Waals surface area contributed by atoms with Crippen LogP contribution >= 0.6 is 0 Å². The van der Waals surface area contributed by atoms with Gasteiger partial charge in [-0.2, -0.15) is 0 Å². The normalized spacial score (nSPS) is 10.2. The maximum Gasteiger partial charge on any atom is 0.306 e. The molecule has 1 rings (SSSR count). The number of hydrogen-bond acceptors (Lipinski definition) is 5. The van der Waals surface area contributed by atoms with E-state index in [1.165, 1.54) is 17.0 Å². The molecule has 0 atom stereocenters. The van der Waals surface area contributed by atoms with Gasteiger partial charge in [0.15, 0.2) is 0 Å². The van der Waals surface area contributed by atoms with Crippen molar-refractivity contribution >= 4 is 17.3 Å². The zero-order valence-electron chi connectivity index (χ0n) is 11.8. The number of carbonyl (C=O) groups excluding carboxylic acids is 1. The molecule has 0 bridgehead atoms. The van der Waals surface area contributed by atoms with E-state index in [-0.39, 0.29) is 22.8 Å². The molecule has 0 unspecified atom stereocenters. The number of nitrogens with zero attached hydrogens (tertiary/aromatic N) is 2. The molecule has 0 aromatic heterocycles. The second kappa shape index (κ2) is 7.44. The van der Waals surface area contributed by atoms with Crippen molar-refractivity contribution < 1.29 is 9.72 Å². The molecule has 20 heavy (non-hydrogen) atoms. The molecule has 110 valence electrons. The summed E-state index contributed by atoms with van der Waals surface area (Å²) in [5.74, 6) is 4.88. The van der Waals surface area contributed by atoms with E-state index in [0.717, 1.165) is 19.3 Å². The Balaban J connectivity index is 3.00. The zero-order valence-corrected chi connectivity index (χ0v) is 11.8. The minimum atomic E-state index is -0.595. The molecule has 0 spiro atoms. The van der Waals surface area contributed by atoms with Gasteiger partial charge in [0.2, 0.25) is 0 Å². The van der Waals surface area contributed by atoms with Crippen molar-refractivity contribution in [2.75, 3.05) is 19.0 Å². The summed E-state index contributed by atoms with van der Waals surface area (Å²) in [6.07, 6.45) is 2.94. The molecule has 0 fully saturated rings.